The fourth-order valence-electron chi connectivity index (χ4n) is 1.75. The van der Waals surface area contributed by atoms with Gasteiger partial charge in [-0.15, -0.1) is 0 Å². The lowest BCUT2D eigenvalue weighted by Crippen LogP contribution is -2.29. The molecular formula is C13H19NO4S. The standard InChI is InChI=1S/C13H19NO4S/c1-10-5-3-6-12(9-10)11(2)14-19(17,18)8-4-7-13(15)16/h3,5-6,9,11,14H,4,7-8H2,1-2H3,(H,15,16)/t11-/m1/s1. The Morgan fingerprint density at radius 2 is 2.11 bits per heavy atom. The van der Waals surface area contributed by atoms with Crippen molar-refractivity contribution in [3.05, 3.63) is 35.4 Å². The molecular weight excluding hydrogens is 266 g/mol. The van der Waals surface area contributed by atoms with Crippen molar-refractivity contribution in [1.29, 1.82) is 0 Å². The summed E-state index contributed by atoms with van der Waals surface area (Å²) >= 11 is 0. The van der Waals surface area contributed by atoms with Crippen LogP contribution in [0.15, 0.2) is 24.3 Å². The number of rotatable bonds is 7. The molecule has 0 aliphatic carbocycles. The smallest absolute Gasteiger partial charge is 0.303 e. The van der Waals surface area contributed by atoms with Crippen LogP contribution in [0.25, 0.3) is 0 Å². The average Bonchev–Trinajstić information content (AvgIpc) is 2.27. The molecule has 106 valence electrons. The molecule has 1 aromatic carbocycles. The first-order chi connectivity index (χ1) is 8.80. The number of aryl methyl sites for hydroxylation is 1. The monoisotopic (exact) mass is 285 g/mol. The van der Waals surface area contributed by atoms with E-state index in [1.807, 2.05) is 31.2 Å². The van der Waals surface area contributed by atoms with E-state index in [1.54, 1.807) is 6.92 Å². The number of hydrogen-bond acceptors (Lipinski definition) is 3. The molecule has 0 unspecified atom stereocenters. The van der Waals surface area contributed by atoms with Crippen LogP contribution in [0.3, 0.4) is 0 Å². The first-order valence-electron chi connectivity index (χ1n) is 6.08. The van der Waals surface area contributed by atoms with Gasteiger partial charge in [-0.25, -0.2) is 13.1 Å². The van der Waals surface area contributed by atoms with E-state index in [0.717, 1.165) is 11.1 Å². The molecule has 6 heteroatoms. The first kappa shape index (κ1) is 15.7. The lowest BCUT2D eigenvalue weighted by molar-refractivity contribution is -0.137. The molecule has 0 bridgehead atoms. The summed E-state index contributed by atoms with van der Waals surface area (Å²) in [5, 5.41) is 8.49. The Bertz CT molecular complexity index is 539. The second-order valence-corrected chi connectivity index (χ2v) is 6.44. The number of carboxylic acids is 1. The summed E-state index contributed by atoms with van der Waals surface area (Å²) in [6, 6.07) is 7.27. The minimum atomic E-state index is -3.45. The molecule has 1 atom stereocenters. The van der Waals surface area contributed by atoms with Gasteiger partial charge in [-0.05, 0) is 25.8 Å². The summed E-state index contributed by atoms with van der Waals surface area (Å²) in [6.07, 6.45) is -0.0229. The van der Waals surface area contributed by atoms with Crippen molar-refractivity contribution in [2.24, 2.45) is 0 Å². The normalized spacial score (nSPS) is 13.2. The van der Waals surface area contributed by atoms with E-state index in [9.17, 15) is 13.2 Å². The van der Waals surface area contributed by atoms with E-state index in [-0.39, 0.29) is 24.6 Å². The molecule has 0 spiro atoms. The van der Waals surface area contributed by atoms with Crippen LogP contribution in [0.1, 0.15) is 36.9 Å². The van der Waals surface area contributed by atoms with Crippen molar-refractivity contribution in [2.45, 2.75) is 32.7 Å². The Kier molecular flexibility index (Phi) is 5.50. The van der Waals surface area contributed by atoms with Gasteiger partial charge in [0.2, 0.25) is 10.0 Å². The van der Waals surface area contributed by atoms with Gasteiger partial charge in [0.15, 0.2) is 0 Å². The maximum Gasteiger partial charge on any atom is 0.303 e. The minimum Gasteiger partial charge on any atom is -0.481 e. The molecule has 0 heterocycles. The highest BCUT2D eigenvalue weighted by atomic mass is 32.2. The fourth-order valence-corrected chi connectivity index (χ4v) is 3.07. The Morgan fingerprint density at radius 1 is 1.42 bits per heavy atom. The van der Waals surface area contributed by atoms with Crippen LogP contribution >= 0.6 is 0 Å². The van der Waals surface area contributed by atoms with Crippen LogP contribution in [0.2, 0.25) is 0 Å². The van der Waals surface area contributed by atoms with Crippen molar-refractivity contribution < 1.29 is 18.3 Å². The highest BCUT2D eigenvalue weighted by molar-refractivity contribution is 7.89. The molecule has 1 aromatic rings. The molecule has 0 amide bonds. The Labute approximate surface area is 113 Å². The molecule has 2 N–H and O–H groups in total. The Balaban J connectivity index is 2.60. The maximum absolute atomic E-state index is 11.8. The van der Waals surface area contributed by atoms with Crippen LogP contribution in [0.4, 0.5) is 0 Å². The summed E-state index contributed by atoms with van der Waals surface area (Å²) < 4.78 is 26.1. The number of carboxylic acid groups (broad SMARTS) is 1. The van der Waals surface area contributed by atoms with E-state index in [2.05, 4.69) is 4.72 Å². The van der Waals surface area contributed by atoms with Gasteiger partial charge in [0.1, 0.15) is 0 Å². The van der Waals surface area contributed by atoms with Gasteiger partial charge in [0.05, 0.1) is 5.75 Å². The highest BCUT2D eigenvalue weighted by Crippen LogP contribution is 2.15. The maximum atomic E-state index is 11.8. The minimum absolute atomic E-state index is 0.116. The third-order valence-electron chi connectivity index (χ3n) is 2.70. The van der Waals surface area contributed by atoms with Gasteiger partial charge in [-0.3, -0.25) is 4.79 Å². The molecule has 19 heavy (non-hydrogen) atoms. The number of carbonyl (C=O) groups is 1. The number of hydrogen-bond donors (Lipinski definition) is 2. The van der Waals surface area contributed by atoms with Gasteiger partial charge in [0, 0.05) is 12.5 Å². The third kappa shape index (κ3) is 5.85. The Hall–Kier alpha value is -1.40. The molecule has 0 fully saturated rings. The first-order valence-corrected chi connectivity index (χ1v) is 7.74. The van der Waals surface area contributed by atoms with Gasteiger partial charge in [-0.1, -0.05) is 29.8 Å². The van der Waals surface area contributed by atoms with Gasteiger partial charge < -0.3 is 5.11 Å². The predicted molar refractivity (Wildman–Crippen MR) is 73.4 cm³/mol. The summed E-state index contributed by atoms with van der Waals surface area (Å²) in [7, 11) is -3.45. The molecule has 0 aliphatic rings. The van der Waals surface area contributed by atoms with E-state index >= 15 is 0 Å². The number of aliphatic carboxylic acids is 1. The highest BCUT2D eigenvalue weighted by Gasteiger charge is 2.16. The van der Waals surface area contributed by atoms with E-state index < -0.39 is 16.0 Å². The van der Waals surface area contributed by atoms with Crippen molar-refractivity contribution in [1.82, 2.24) is 4.72 Å². The van der Waals surface area contributed by atoms with Crippen molar-refractivity contribution >= 4 is 16.0 Å². The lowest BCUT2D eigenvalue weighted by atomic mass is 10.1. The summed E-state index contributed by atoms with van der Waals surface area (Å²) in [5.41, 5.74) is 1.95. The fraction of sp³-hybridized carbons (Fsp3) is 0.462. The largest absolute Gasteiger partial charge is 0.481 e. The summed E-state index contributed by atoms with van der Waals surface area (Å²) in [6.45, 7) is 3.71. The molecule has 1 rings (SSSR count). The second kappa shape index (κ2) is 6.68. The van der Waals surface area contributed by atoms with Crippen molar-refractivity contribution in [3.8, 4) is 0 Å². The van der Waals surface area contributed by atoms with Crippen molar-refractivity contribution in [2.75, 3.05) is 5.75 Å². The van der Waals surface area contributed by atoms with Crippen LogP contribution in [0.5, 0.6) is 0 Å². The zero-order valence-electron chi connectivity index (χ0n) is 11.1. The summed E-state index contributed by atoms with van der Waals surface area (Å²) in [5.74, 6) is -1.16. The van der Waals surface area contributed by atoms with E-state index in [1.165, 1.54) is 0 Å². The number of sulfonamides is 1. The van der Waals surface area contributed by atoms with Gasteiger partial charge >= 0.3 is 5.97 Å². The lowest BCUT2D eigenvalue weighted by Gasteiger charge is -2.15. The topological polar surface area (TPSA) is 83.5 Å². The zero-order valence-corrected chi connectivity index (χ0v) is 11.9. The predicted octanol–water partition coefficient (Wildman–Crippen LogP) is 1.84. The quantitative estimate of drug-likeness (QED) is 0.800. The molecule has 0 saturated carbocycles. The molecule has 0 radical (unpaired) electrons. The number of nitrogens with one attached hydrogen (secondary N) is 1. The molecule has 0 aromatic heterocycles. The third-order valence-corrected chi connectivity index (χ3v) is 4.24. The molecule has 0 saturated heterocycles. The number of benzene rings is 1. The second-order valence-electron chi connectivity index (χ2n) is 4.57. The van der Waals surface area contributed by atoms with Gasteiger partial charge in [0.25, 0.3) is 0 Å². The molecule has 5 nitrogen and oxygen atoms in total. The van der Waals surface area contributed by atoms with Crippen LogP contribution in [-0.2, 0) is 14.8 Å². The van der Waals surface area contributed by atoms with Crippen LogP contribution in [0, 0.1) is 6.92 Å². The summed E-state index contributed by atoms with van der Waals surface area (Å²) in [4.78, 5) is 10.4. The van der Waals surface area contributed by atoms with Crippen molar-refractivity contribution in [3.63, 3.8) is 0 Å². The van der Waals surface area contributed by atoms with Gasteiger partial charge in [-0.2, -0.15) is 0 Å². The Morgan fingerprint density at radius 3 is 2.68 bits per heavy atom. The average molecular weight is 285 g/mol. The SMILES string of the molecule is Cc1cccc([C@@H](C)NS(=O)(=O)CCCC(=O)O)c1. The van der Waals surface area contributed by atoms with Crippen LogP contribution < -0.4 is 4.72 Å². The zero-order chi connectivity index (χ0) is 14.5. The van der Waals surface area contributed by atoms with E-state index in [0.29, 0.717) is 0 Å². The van der Waals surface area contributed by atoms with E-state index in [4.69, 9.17) is 5.11 Å². The van der Waals surface area contributed by atoms with Crippen LogP contribution in [-0.4, -0.2) is 25.2 Å². The molecule has 0 aliphatic heterocycles.